The molecule has 5 aromatic rings. The molecule has 35 heavy (non-hydrogen) atoms. The molecule has 0 fully saturated rings. The topological polar surface area (TPSA) is 83.2 Å². The zero-order valence-electron chi connectivity index (χ0n) is 19.0. The number of anilines is 1. The van der Waals surface area contributed by atoms with Crippen molar-refractivity contribution in [1.29, 1.82) is 0 Å². The maximum Gasteiger partial charge on any atom is 0.271 e. The second-order valence-electron chi connectivity index (χ2n) is 8.18. The van der Waals surface area contributed by atoms with Gasteiger partial charge in [-0.05, 0) is 72.0 Å². The monoisotopic (exact) mass is 525 g/mol. The number of ether oxygens (including phenoxy) is 1. The first-order valence-corrected chi connectivity index (χ1v) is 13.8. The van der Waals surface area contributed by atoms with Crippen molar-refractivity contribution in [2.75, 3.05) is 17.9 Å². The summed E-state index contributed by atoms with van der Waals surface area (Å²) >= 11 is 7.34. The smallest absolute Gasteiger partial charge is 0.271 e. The summed E-state index contributed by atoms with van der Waals surface area (Å²) < 4.78 is 36.1. The lowest BCUT2D eigenvalue weighted by Crippen LogP contribution is -2.20. The van der Waals surface area contributed by atoms with E-state index in [1.54, 1.807) is 18.2 Å². The van der Waals surface area contributed by atoms with Crippen molar-refractivity contribution in [2.45, 2.75) is 17.7 Å². The quantitative estimate of drug-likeness (QED) is 0.197. The van der Waals surface area contributed by atoms with E-state index in [2.05, 4.69) is 15.0 Å². The minimum Gasteiger partial charge on any atom is -0.492 e. The average Bonchev–Trinajstić information content (AvgIpc) is 3.44. The number of benzene rings is 3. The molecule has 0 bridgehead atoms. The first-order valence-electron chi connectivity index (χ1n) is 11.1. The Morgan fingerprint density at radius 3 is 2.77 bits per heavy atom. The Kier molecular flexibility index (Phi) is 6.71. The van der Waals surface area contributed by atoms with Crippen molar-refractivity contribution < 1.29 is 13.2 Å². The van der Waals surface area contributed by atoms with Crippen LogP contribution < -0.4 is 14.8 Å². The Balaban J connectivity index is 1.20. The van der Waals surface area contributed by atoms with Gasteiger partial charge in [-0.2, -0.15) is 0 Å². The van der Waals surface area contributed by atoms with Gasteiger partial charge in [-0.25, -0.2) is 8.42 Å². The van der Waals surface area contributed by atoms with Crippen molar-refractivity contribution in [1.82, 2.24) is 10.3 Å². The number of rotatable bonds is 9. The molecule has 0 atom stereocenters. The van der Waals surface area contributed by atoms with Gasteiger partial charge in [0.25, 0.3) is 10.0 Å². The Morgan fingerprint density at radius 2 is 1.89 bits per heavy atom. The number of hydrogen-bond acceptors (Lipinski definition) is 5. The van der Waals surface area contributed by atoms with E-state index in [1.165, 1.54) is 11.3 Å². The van der Waals surface area contributed by atoms with Crippen molar-refractivity contribution in [2.24, 2.45) is 0 Å². The molecule has 2 aromatic heterocycles. The third kappa shape index (κ3) is 5.16. The van der Waals surface area contributed by atoms with Crippen LogP contribution in [0.5, 0.6) is 5.75 Å². The number of aromatic amines is 1. The van der Waals surface area contributed by atoms with E-state index in [0.29, 0.717) is 40.2 Å². The number of fused-ring (bicyclic) bond motifs is 2. The molecule has 0 spiro atoms. The third-order valence-corrected chi connectivity index (χ3v) is 9.21. The summed E-state index contributed by atoms with van der Waals surface area (Å²) in [5.74, 6) is 0.848. The maximum absolute atomic E-state index is 13.1. The molecule has 5 rings (SSSR count). The Morgan fingerprint density at radius 1 is 1.03 bits per heavy atom. The summed E-state index contributed by atoms with van der Waals surface area (Å²) in [6, 6.07) is 20.7. The van der Waals surface area contributed by atoms with Crippen molar-refractivity contribution in [3.63, 3.8) is 0 Å². The number of hydrogen-bond donors (Lipinski definition) is 3. The van der Waals surface area contributed by atoms with Crippen LogP contribution >= 0.6 is 22.9 Å². The van der Waals surface area contributed by atoms with E-state index in [9.17, 15) is 8.42 Å². The standard InChI is InChI=1S/C26H24ClN3O3S2/c1-17-22-15-19(27)8-9-25(22)34-26(17)35(31,32)30-20-5-2-4-18(14-20)16-28-12-13-33-24-7-3-6-23-21(24)10-11-29-23/h2-11,14-15,28-30H,12-13,16H2,1H3. The third-order valence-electron chi connectivity index (χ3n) is 5.70. The van der Waals surface area contributed by atoms with E-state index in [4.69, 9.17) is 16.3 Å². The fraction of sp³-hybridized carbons (Fsp3) is 0.154. The van der Waals surface area contributed by atoms with Gasteiger partial charge in [-0.3, -0.25) is 4.72 Å². The van der Waals surface area contributed by atoms with Crippen LogP contribution in [-0.2, 0) is 16.6 Å². The molecule has 180 valence electrons. The van der Waals surface area contributed by atoms with Crippen LogP contribution in [0.3, 0.4) is 0 Å². The summed E-state index contributed by atoms with van der Waals surface area (Å²) in [7, 11) is -3.73. The first kappa shape index (κ1) is 23.7. The minimum absolute atomic E-state index is 0.299. The van der Waals surface area contributed by atoms with Gasteiger partial charge < -0.3 is 15.0 Å². The molecule has 0 amide bonds. The number of halogens is 1. The number of sulfonamides is 1. The SMILES string of the molecule is Cc1c(S(=O)(=O)Nc2cccc(CNCCOc3cccc4[nH]ccc34)c2)sc2ccc(Cl)cc12. The molecule has 0 unspecified atom stereocenters. The van der Waals surface area contributed by atoms with Gasteiger partial charge in [0.1, 0.15) is 16.6 Å². The number of thiophene rings is 1. The molecule has 0 saturated carbocycles. The Bertz CT molecular complexity index is 1610. The molecule has 3 aromatic carbocycles. The van der Waals surface area contributed by atoms with E-state index in [1.807, 2.05) is 61.7 Å². The highest BCUT2D eigenvalue weighted by atomic mass is 35.5. The lowest BCUT2D eigenvalue weighted by Gasteiger charge is -2.11. The second-order valence-corrected chi connectivity index (χ2v) is 11.5. The molecule has 0 saturated heterocycles. The van der Waals surface area contributed by atoms with Gasteiger partial charge in [0.05, 0.1) is 0 Å². The molecule has 0 aliphatic heterocycles. The van der Waals surface area contributed by atoms with Gasteiger partial charge in [0.15, 0.2) is 0 Å². The largest absolute Gasteiger partial charge is 0.492 e. The van der Waals surface area contributed by atoms with Crippen LogP contribution in [0.2, 0.25) is 5.02 Å². The fourth-order valence-corrected chi connectivity index (χ4v) is 6.99. The van der Waals surface area contributed by atoms with E-state index < -0.39 is 10.0 Å². The molecule has 0 aliphatic carbocycles. The van der Waals surface area contributed by atoms with E-state index >= 15 is 0 Å². The van der Waals surface area contributed by atoms with Gasteiger partial charge >= 0.3 is 0 Å². The average molecular weight is 526 g/mol. The van der Waals surface area contributed by atoms with Crippen LogP contribution in [-0.4, -0.2) is 26.6 Å². The van der Waals surface area contributed by atoms with Crippen LogP contribution in [0.25, 0.3) is 21.0 Å². The predicted octanol–water partition coefficient (Wildman–Crippen LogP) is 6.31. The number of aryl methyl sites for hydroxylation is 1. The van der Waals surface area contributed by atoms with Crippen LogP contribution in [0.4, 0.5) is 5.69 Å². The molecule has 3 N–H and O–H groups in total. The highest BCUT2D eigenvalue weighted by Gasteiger charge is 2.22. The van der Waals surface area contributed by atoms with Crippen LogP contribution in [0, 0.1) is 6.92 Å². The lowest BCUT2D eigenvalue weighted by atomic mass is 10.2. The molecule has 6 nitrogen and oxygen atoms in total. The van der Waals surface area contributed by atoms with E-state index in [0.717, 1.165) is 32.3 Å². The van der Waals surface area contributed by atoms with Crippen molar-refractivity contribution in [3.05, 3.63) is 89.1 Å². The molecular weight excluding hydrogens is 502 g/mol. The Labute approximate surface area is 212 Å². The molecule has 0 aliphatic rings. The van der Waals surface area contributed by atoms with Crippen molar-refractivity contribution in [3.8, 4) is 5.75 Å². The highest BCUT2D eigenvalue weighted by Crippen LogP contribution is 2.36. The first-order chi connectivity index (χ1) is 16.9. The summed E-state index contributed by atoms with van der Waals surface area (Å²) in [5.41, 5.74) is 3.24. The van der Waals surface area contributed by atoms with Gasteiger partial charge in [0, 0.05) is 45.6 Å². The summed E-state index contributed by atoms with van der Waals surface area (Å²) in [5, 5.41) is 5.85. The number of aromatic nitrogens is 1. The molecule has 9 heteroatoms. The van der Waals surface area contributed by atoms with Gasteiger partial charge in [-0.1, -0.05) is 29.8 Å². The minimum atomic E-state index is -3.73. The van der Waals surface area contributed by atoms with E-state index in [-0.39, 0.29) is 0 Å². The lowest BCUT2D eigenvalue weighted by molar-refractivity contribution is 0.317. The zero-order chi connectivity index (χ0) is 24.4. The highest BCUT2D eigenvalue weighted by molar-refractivity contribution is 7.94. The summed E-state index contributed by atoms with van der Waals surface area (Å²) in [4.78, 5) is 3.18. The van der Waals surface area contributed by atoms with Crippen molar-refractivity contribution >= 4 is 59.6 Å². The predicted molar refractivity (Wildman–Crippen MR) is 144 cm³/mol. The fourth-order valence-electron chi connectivity index (χ4n) is 4.02. The molecule has 0 radical (unpaired) electrons. The Hall–Kier alpha value is -3.04. The normalized spacial score (nSPS) is 11.8. The molecule has 2 heterocycles. The number of H-pyrrole nitrogens is 1. The van der Waals surface area contributed by atoms with Gasteiger partial charge in [0.2, 0.25) is 0 Å². The molecular formula is C26H24ClN3O3S2. The summed E-state index contributed by atoms with van der Waals surface area (Å²) in [6.45, 7) is 3.57. The van der Waals surface area contributed by atoms with Crippen LogP contribution in [0.1, 0.15) is 11.1 Å². The summed E-state index contributed by atoms with van der Waals surface area (Å²) in [6.07, 6.45) is 1.90. The number of nitrogens with one attached hydrogen (secondary N) is 3. The van der Waals surface area contributed by atoms with Crippen LogP contribution in [0.15, 0.2) is 77.1 Å². The zero-order valence-corrected chi connectivity index (χ0v) is 21.4. The maximum atomic E-state index is 13.1. The van der Waals surface area contributed by atoms with Gasteiger partial charge in [-0.15, -0.1) is 11.3 Å². The second kappa shape index (κ2) is 9.91.